The van der Waals surface area contributed by atoms with E-state index in [-0.39, 0.29) is 15.9 Å². The fourth-order valence-corrected chi connectivity index (χ4v) is 4.23. The average Bonchev–Trinajstić information content (AvgIpc) is 2.83. The van der Waals surface area contributed by atoms with E-state index in [9.17, 15) is 28.4 Å². The molecule has 1 aromatic rings. The van der Waals surface area contributed by atoms with Crippen molar-refractivity contribution < 1.29 is 27.7 Å². The van der Waals surface area contributed by atoms with Gasteiger partial charge in [-0.3, -0.25) is 18.9 Å². The summed E-state index contributed by atoms with van der Waals surface area (Å²) in [5.74, 6) is 0. The summed E-state index contributed by atoms with van der Waals surface area (Å²) in [7, 11) is -2.43. The number of benzene rings is 1. The Morgan fingerprint density at radius 1 is 1.24 bits per heavy atom. The second-order valence-corrected chi connectivity index (χ2v) is 10.4. The zero-order valence-corrected chi connectivity index (χ0v) is 18.2. The number of carboxylic acid groups (broad SMARTS) is 1. The van der Waals surface area contributed by atoms with Gasteiger partial charge in [-0.05, 0) is 32.9 Å². The molecule has 0 spiro atoms. The molecule has 2 rings (SSSR count). The minimum absolute atomic E-state index is 0.0317. The number of carbonyl (C=O) groups excluding carboxylic acids is 1. The molecule has 0 radical (unpaired) electrons. The van der Waals surface area contributed by atoms with E-state index in [1.807, 2.05) is 25.7 Å². The second-order valence-electron chi connectivity index (χ2n) is 8.35. The zero-order chi connectivity index (χ0) is 22.2. The third kappa shape index (κ3) is 4.45. The topological polar surface area (TPSA) is 124 Å². The number of anilines is 2. The predicted octanol–water partition coefficient (Wildman–Crippen LogP) is 1.16. The molecule has 0 aliphatic carbocycles. The van der Waals surface area contributed by atoms with Crippen LogP contribution in [0.4, 0.5) is 21.9 Å². The van der Waals surface area contributed by atoms with Gasteiger partial charge in [-0.1, -0.05) is 0 Å². The molecule has 11 heteroatoms. The lowest BCUT2D eigenvalue weighted by Gasteiger charge is -2.47. The van der Waals surface area contributed by atoms with E-state index in [0.717, 1.165) is 10.6 Å². The number of hydrogen-bond acceptors (Lipinski definition) is 7. The first-order valence-corrected chi connectivity index (χ1v) is 11.1. The van der Waals surface area contributed by atoms with Gasteiger partial charge in [-0.25, -0.2) is 8.42 Å². The first kappa shape index (κ1) is 22.9. The third-order valence-corrected chi connectivity index (χ3v) is 6.90. The van der Waals surface area contributed by atoms with Crippen LogP contribution < -0.4 is 14.3 Å². The van der Waals surface area contributed by atoms with E-state index in [0.29, 0.717) is 38.3 Å². The minimum atomic E-state index is -3.69. The Hall–Kier alpha value is -2.40. The lowest BCUT2D eigenvalue weighted by molar-refractivity contribution is -0.917. The highest BCUT2D eigenvalue weighted by atomic mass is 32.2. The molecule has 10 nitrogen and oxygen atoms in total. The summed E-state index contributed by atoms with van der Waals surface area (Å²) >= 11 is 0. The van der Waals surface area contributed by atoms with E-state index in [2.05, 4.69) is 0 Å². The van der Waals surface area contributed by atoms with Crippen LogP contribution in [0.2, 0.25) is 0 Å². The van der Waals surface area contributed by atoms with Crippen LogP contribution >= 0.6 is 0 Å². The summed E-state index contributed by atoms with van der Waals surface area (Å²) in [5.41, 5.74) is -0.290. The molecule has 1 atom stereocenters. The normalized spacial score (nSPS) is 20.8. The summed E-state index contributed by atoms with van der Waals surface area (Å²) in [4.78, 5) is 24.7. The highest BCUT2D eigenvalue weighted by molar-refractivity contribution is 7.92. The van der Waals surface area contributed by atoms with Crippen molar-refractivity contribution in [3.05, 3.63) is 28.3 Å². The summed E-state index contributed by atoms with van der Waals surface area (Å²) in [6.45, 7) is 7.25. The molecule has 1 unspecified atom stereocenters. The Morgan fingerprint density at radius 3 is 2.34 bits per heavy atom. The highest BCUT2D eigenvalue weighted by Gasteiger charge is 2.43. The molecule has 1 heterocycles. The molecule has 29 heavy (non-hydrogen) atoms. The Kier molecular flexibility index (Phi) is 6.15. The lowest BCUT2D eigenvalue weighted by Crippen LogP contribution is -2.68. The van der Waals surface area contributed by atoms with Crippen molar-refractivity contribution in [3.8, 4) is 0 Å². The number of nitro groups is 1. The van der Waals surface area contributed by atoms with Crippen molar-refractivity contribution in [2.75, 3.05) is 48.7 Å². The molecule has 1 saturated heterocycles. The van der Waals surface area contributed by atoms with Crippen molar-refractivity contribution in [3.63, 3.8) is 0 Å². The van der Waals surface area contributed by atoms with Gasteiger partial charge in [0.25, 0.3) is 11.8 Å². The number of sulfonamides is 1. The van der Waals surface area contributed by atoms with Crippen molar-refractivity contribution in [1.82, 2.24) is 0 Å². The predicted molar refractivity (Wildman–Crippen MR) is 108 cm³/mol. The number of amides is 1. The Morgan fingerprint density at radius 2 is 1.86 bits per heavy atom. The van der Waals surface area contributed by atoms with Gasteiger partial charge in [-0.2, -0.15) is 0 Å². The lowest BCUT2D eigenvalue weighted by atomic mass is 10.0. The van der Waals surface area contributed by atoms with E-state index in [1.54, 1.807) is 6.07 Å². The molecule has 1 aliphatic heterocycles. The zero-order valence-electron chi connectivity index (χ0n) is 17.4. The Balaban J connectivity index is 2.43. The number of rotatable bonds is 4. The van der Waals surface area contributed by atoms with Gasteiger partial charge >= 0.3 is 0 Å². The highest BCUT2D eigenvalue weighted by Crippen LogP contribution is 2.34. The number of quaternary nitrogens is 1. The van der Waals surface area contributed by atoms with Crippen molar-refractivity contribution >= 4 is 33.2 Å². The fourth-order valence-electron chi connectivity index (χ4n) is 3.73. The molecular formula is C18H28N4O6S. The first-order chi connectivity index (χ1) is 13.2. The summed E-state index contributed by atoms with van der Waals surface area (Å²) in [6.07, 6.45) is 0.435. The maximum Gasteiger partial charge on any atom is 0.293 e. The number of nitro benzene ring substituents is 1. The quantitative estimate of drug-likeness (QED) is 0.400. The summed E-state index contributed by atoms with van der Waals surface area (Å²) in [6, 6.07) is 4.31. The molecule has 0 saturated carbocycles. The molecular weight excluding hydrogens is 400 g/mol. The number of nitrogens with zero attached hydrogens (tertiary/aromatic N) is 4. The Bertz CT molecular complexity index is 911. The van der Waals surface area contributed by atoms with E-state index < -0.39 is 26.6 Å². The van der Waals surface area contributed by atoms with Crippen LogP contribution in [0.1, 0.15) is 27.2 Å². The van der Waals surface area contributed by atoms with Gasteiger partial charge in [0, 0.05) is 31.8 Å². The largest absolute Gasteiger partial charge is 0.498 e. The van der Waals surface area contributed by atoms with Crippen LogP contribution in [-0.4, -0.2) is 68.9 Å². The monoisotopic (exact) mass is 428 g/mol. The summed E-state index contributed by atoms with van der Waals surface area (Å²) < 4.78 is 24.6. The third-order valence-electron chi connectivity index (χ3n) is 5.71. The van der Waals surface area contributed by atoms with Crippen LogP contribution in [0.3, 0.4) is 0 Å². The van der Waals surface area contributed by atoms with E-state index in [4.69, 9.17) is 0 Å². The standard InChI is InChI=1S/C18H28N4O6S/c1-18(2,3)22(17(23)24)11-6-9-20(10-12-22)14-7-8-15(21(25)26)16(13-14)19(4)29(5,27)28/h7-8,13H,6,9-12H2,1-5H3. The molecule has 0 aromatic heterocycles. The first-order valence-electron chi connectivity index (χ1n) is 9.27. The Labute approximate surface area is 171 Å². The molecule has 1 aromatic carbocycles. The smallest absolute Gasteiger partial charge is 0.293 e. The number of carbonyl (C=O) groups is 1. The van der Waals surface area contributed by atoms with Gasteiger partial charge in [-0.15, -0.1) is 0 Å². The van der Waals surface area contributed by atoms with Gasteiger partial charge in [0.05, 0.1) is 29.8 Å². The van der Waals surface area contributed by atoms with Crippen LogP contribution in [0, 0.1) is 10.1 Å². The molecule has 0 N–H and O–H groups in total. The maximum absolute atomic E-state index is 12.0. The molecule has 0 bridgehead atoms. The van der Waals surface area contributed by atoms with E-state index in [1.165, 1.54) is 19.2 Å². The molecule has 1 aliphatic rings. The average molecular weight is 429 g/mol. The van der Waals surface area contributed by atoms with Crippen LogP contribution in [0.15, 0.2) is 18.2 Å². The van der Waals surface area contributed by atoms with E-state index >= 15 is 0 Å². The fraction of sp³-hybridized carbons (Fsp3) is 0.611. The SMILES string of the molecule is CN(c1cc(N2CCC[N+](C(=O)[O-])(C(C)(C)C)CC2)ccc1[N+](=O)[O-])S(C)(=O)=O. The molecule has 1 fully saturated rings. The van der Waals surface area contributed by atoms with Crippen molar-refractivity contribution in [2.45, 2.75) is 32.7 Å². The van der Waals surface area contributed by atoms with Gasteiger partial charge < -0.3 is 14.8 Å². The minimum Gasteiger partial charge on any atom is -0.498 e. The van der Waals surface area contributed by atoms with Gasteiger partial charge in [0.2, 0.25) is 10.0 Å². The second kappa shape index (κ2) is 7.79. The van der Waals surface area contributed by atoms with Crippen LogP contribution in [-0.2, 0) is 10.0 Å². The van der Waals surface area contributed by atoms with Crippen LogP contribution in [0.5, 0.6) is 0 Å². The van der Waals surface area contributed by atoms with Gasteiger partial charge in [0.15, 0.2) is 0 Å². The maximum atomic E-state index is 12.0. The number of hydrogen-bond donors (Lipinski definition) is 0. The van der Waals surface area contributed by atoms with Crippen LogP contribution in [0.25, 0.3) is 0 Å². The van der Waals surface area contributed by atoms with Gasteiger partial charge in [0.1, 0.15) is 12.2 Å². The van der Waals surface area contributed by atoms with Crippen molar-refractivity contribution in [2.24, 2.45) is 0 Å². The molecule has 1 amide bonds. The van der Waals surface area contributed by atoms with Crippen molar-refractivity contribution in [1.29, 1.82) is 0 Å². The summed E-state index contributed by atoms with van der Waals surface area (Å²) in [5, 5.41) is 23.3. The molecule has 162 valence electrons.